The van der Waals surface area contributed by atoms with Gasteiger partial charge in [0.2, 0.25) is 0 Å². The van der Waals surface area contributed by atoms with Gasteiger partial charge in [0.05, 0.1) is 6.54 Å². The molecule has 1 heterocycles. The molecule has 6 heteroatoms. The van der Waals surface area contributed by atoms with E-state index in [1.54, 1.807) is 16.2 Å². The zero-order valence-electron chi connectivity index (χ0n) is 11.0. The lowest BCUT2D eigenvalue weighted by atomic mass is 10.4. The van der Waals surface area contributed by atoms with Gasteiger partial charge in [-0.2, -0.15) is 13.2 Å². The third-order valence-electron chi connectivity index (χ3n) is 3.12. The molecule has 19 heavy (non-hydrogen) atoms. The second kappa shape index (κ2) is 6.24. The van der Waals surface area contributed by atoms with Gasteiger partial charge in [-0.05, 0) is 31.9 Å². The van der Waals surface area contributed by atoms with Crippen LogP contribution in [0.3, 0.4) is 0 Å². The molecule has 1 saturated carbocycles. The SMILES string of the molecule is Cc1ccc(CNCCN(CC(F)(F)F)C2CC2)s1. The van der Waals surface area contributed by atoms with Crippen molar-refractivity contribution in [2.24, 2.45) is 0 Å². The maximum absolute atomic E-state index is 12.4. The van der Waals surface area contributed by atoms with Crippen molar-refractivity contribution >= 4 is 11.3 Å². The van der Waals surface area contributed by atoms with Crippen molar-refractivity contribution in [1.82, 2.24) is 10.2 Å². The van der Waals surface area contributed by atoms with Crippen molar-refractivity contribution in [2.45, 2.75) is 38.5 Å². The molecule has 0 aliphatic heterocycles. The third-order valence-corrected chi connectivity index (χ3v) is 4.12. The van der Waals surface area contributed by atoms with E-state index >= 15 is 0 Å². The van der Waals surface area contributed by atoms with Crippen molar-refractivity contribution in [3.63, 3.8) is 0 Å². The summed E-state index contributed by atoms with van der Waals surface area (Å²) in [5.41, 5.74) is 0. The number of nitrogens with one attached hydrogen (secondary N) is 1. The highest BCUT2D eigenvalue weighted by Gasteiger charge is 2.37. The monoisotopic (exact) mass is 292 g/mol. The zero-order valence-corrected chi connectivity index (χ0v) is 11.8. The Balaban J connectivity index is 1.68. The topological polar surface area (TPSA) is 15.3 Å². The van der Waals surface area contributed by atoms with Crippen LogP contribution in [-0.4, -0.2) is 36.8 Å². The largest absolute Gasteiger partial charge is 0.401 e. The molecule has 1 aliphatic rings. The number of nitrogens with zero attached hydrogens (tertiary/aromatic N) is 1. The molecule has 2 nitrogen and oxygen atoms in total. The predicted molar refractivity (Wildman–Crippen MR) is 71.4 cm³/mol. The van der Waals surface area contributed by atoms with E-state index in [1.807, 2.05) is 6.92 Å². The van der Waals surface area contributed by atoms with Crippen LogP contribution in [0.1, 0.15) is 22.6 Å². The van der Waals surface area contributed by atoms with E-state index in [2.05, 4.69) is 17.4 Å². The Bertz CT molecular complexity index is 399. The van der Waals surface area contributed by atoms with Crippen molar-refractivity contribution in [1.29, 1.82) is 0 Å². The first-order valence-corrected chi connectivity index (χ1v) is 7.32. The zero-order chi connectivity index (χ0) is 13.9. The van der Waals surface area contributed by atoms with Crippen molar-refractivity contribution in [3.05, 3.63) is 21.9 Å². The van der Waals surface area contributed by atoms with Crippen LogP contribution >= 0.6 is 11.3 Å². The van der Waals surface area contributed by atoms with Gasteiger partial charge in [-0.25, -0.2) is 0 Å². The highest BCUT2D eigenvalue weighted by molar-refractivity contribution is 7.11. The lowest BCUT2D eigenvalue weighted by Gasteiger charge is -2.23. The molecule has 0 amide bonds. The van der Waals surface area contributed by atoms with Gasteiger partial charge >= 0.3 is 6.18 Å². The summed E-state index contributed by atoms with van der Waals surface area (Å²) in [6.45, 7) is 3.07. The van der Waals surface area contributed by atoms with Crippen LogP contribution < -0.4 is 5.32 Å². The second-order valence-corrected chi connectivity index (χ2v) is 6.38. The summed E-state index contributed by atoms with van der Waals surface area (Å²) in [5, 5.41) is 3.22. The van der Waals surface area contributed by atoms with Gasteiger partial charge in [0.15, 0.2) is 0 Å². The summed E-state index contributed by atoms with van der Waals surface area (Å²) >= 11 is 1.72. The molecule has 0 unspecified atom stereocenters. The number of alkyl halides is 3. The summed E-state index contributed by atoms with van der Waals surface area (Å²) in [6, 6.07) is 4.26. The smallest absolute Gasteiger partial charge is 0.311 e. The molecule has 0 aromatic carbocycles. The number of halogens is 3. The van der Waals surface area contributed by atoms with Gasteiger partial charge in [0.25, 0.3) is 0 Å². The van der Waals surface area contributed by atoms with Gasteiger partial charge in [0.1, 0.15) is 0 Å². The van der Waals surface area contributed by atoms with E-state index < -0.39 is 12.7 Å². The predicted octanol–water partition coefficient (Wildman–Crippen LogP) is 3.17. The fraction of sp³-hybridized carbons (Fsp3) is 0.692. The molecule has 0 saturated heterocycles. The van der Waals surface area contributed by atoms with Crippen molar-refractivity contribution in [2.75, 3.05) is 19.6 Å². The highest BCUT2D eigenvalue weighted by Crippen LogP contribution is 2.29. The first kappa shape index (κ1) is 14.8. The highest BCUT2D eigenvalue weighted by atomic mass is 32.1. The third kappa shape index (κ3) is 5.50. The lowest BCUT2D eigenvalue weighted by molar-refractivity contribution is -0.147. The minimum absolute atomic E-state index is 0.146. The average Bonchev–Trinajstić information content (AvgIpc) is 3.06. The number of hydrogen-bond donors (Lipinski definition) is 1. The molecule has 2 rings (SSSR count). The van der Waals surface area contributed by atoms with E-state index in [1.165, 1.54) is 9.75 Å². The molecule has 108 valence electrons. The van der Waals surface area contributed by atoms with Gasteiger partial charge in [-0.15, -0.1) is 11.3 Å². The van der Waals surface area contributed by atoms with Crippen LogP contribution in [0.5, 0.6) is 0 Å². The molecule has 0 bridgehead atoms. The Morgan fingerprint density at radius 3 is 2.63 bits per heavy atom. The van der Waals surface area contributed by atoms with Crippen LogP contribution in [0, 0.1) is 6.92 Å². The van der Waals surface area contributed by atoms with Crippen LogP contribution in [0.25, 0.3) is 0 Å². The molecule has 1 fully saturated rings. The minimum Gasteiger partial charge on any atom is -0.311 e. The van der Waals surface area contributed by atoms with Crippen LogP contribution in [0.2, 0.25) is 0 Å². The Morgan fingerprint density at radius 2 is 2.11 bits per heavy atom. The fourth-order valence-electron chi connectivity index (χ4n) is 2.08. The number of aryl methyl sites for hydroxylation is 1. The van der Waals surface area contributed by atoms with E-state index in [9.17, 15) is 13.2 Å². The molecule has 0 spiro atoms. The van der Waals surface area contributed by atoms with Gasteiger partial charge in [-0.1, -0.05) is 0 Å². The minimum atomic E-state index is -4.09. The average molecular weight is 292 g/mol. The van der Waals surface area contributed by atoms with Gasteiger partial charge in [-0.3, -0.25) is 4.90 Å². The second-order valence-electron chi connectivity index (χ2n) is 5.01. The number of thiophene rings is 1. The molecule has 1 aromatic rings. The van der Waals surface area contributed by atoms with Crippen molar-refractivity contribution in [3.8, 4) is 0 Å². The molecule has 0 radical (unpaired) electrons. The molecular weight excluding hydrogens is 273 g/mol. The quantitative estimate of drug-likeness (QED) is 0.777. The molecule has 1 aromatic heterocycles. The number of rotatable bonds is 7. The summed E-state index contributed by atoms with van der Waals surface area (Å²) in [7, 11) is 0. The fourth-order valence-corrected chi connectivity index (χ4v) is 2.94. The van der Waals surface area contributed by atoms with Crippen LogP contribution in [-0.2, 0) is 6.54 Å². The maximum atomic E-state index is 12.4. The molecule has 1 N–H and O–H groups in total. The van der Waals surface area contributed by atoms with E-state index in [0.29, 0.717) is 13.1 Å². The molecular formula is C13H19F3N2S. The maximum Gasteiger partial charge on any atom is 0.401 e. The number of hydrogen-bond acceptors (Lipinski definition) is 3. The normalized spacial score (nSPS) is 16.3. The standard InChI is InChI=1S/C13H19F3N2S/c1-10-2-5-12(19-10)8-17-6-7-18(11-3-4-11)9-13(14,15)16/h2,5,11,17H,3-4,6-9H2,1H3. The van der Waals surface area contributed by atoms with E-state index in [0.717, 1.165) is 19.4 Å². The molecule has 1 aliphatic carbocycles. The van der Waals surface area contributed by atoms with Gasteiger partial charge < -0.3 is 5.32 Å². The van der Waals surface area contributed by atoms with Crippen LogP contribution in [0.4, 0.5) is 13.2 Å². The van der Waals surface area contributed by atoms with Crippen LogP contribution in [0.15, 0.2) is 12.1 Å². The Labute approximate surface area is 115 Å². The van der Waals surface area contributed by atoms with E-state index in [-0.39, 0.29) is 6.04 Å². The Kier molecular flexibility index (Phi) is 4.86. The summed E-state index contributed by atoms with van der Waals surface area (Å²) in [5.74, 6) is 0. The van der Waals surface area contributed by atoms with Crippen molar-refractivity contribution < 1.29 is 13.2 Å². The van der Waals surface area contributed by atoms with Gasteiger partial charge in [0, 0.05) is 35.4 Å². The molecule has 0 atom stereocenters. The summed E-state index contributed by atoms with van der Waals surface area (Å²) < 4.78 is 37.2. The summed E-state index contributed by atoms with van der Waals surface area (Å²) in [6.07, 6.45) is -2.28. The summed E-state index contributed by atoms with van der Waals surface area (Å²) in [4.78, 5) is 4.03. The Hall–Kier alpha value is -0.590. The first-order valence-electron chi connectivity index (χ1n) is 6.51. The van der Waals surface area contributed by atoms with E-state index in [4.69, 9.17) is 0 Å². The first-order chi connectivity index (χ1) is 8.94. The Morgan fingerprint density at radius 1 is 1.37 bits per heavy atom. The lowest BCUT2D eigenvalue weighted by Crippen LogP contribution is -2.40.